The van der Waals surface area contributed by atoms with E-state index in [2.05, 4.69) is 19.7 Å². The number of methoxy groups -OCH3 is 1. The number of nitriles is 1. The second-order valence-electron chi connectivity index (χ2n) is 7.39. The molecule has 0 saturated heterocycles. The number of ether oxygens (including phenoxy) is 1. The number of nitrogens with one attached hydrogen (secondary N) is 1. The van der Waals surface area contributed by atoms with Crippen LogP contribution in [0.25, 0.3) is 22.6 Å². The first-order chi connectivity index (χ1) is 16.3. The van der Waals surface area contributed by atoms with Crippen LogP contribution in [0.4, 0.5) is 5.82 Å². The van der Waals surface area contributed by atoms with E-state index in [9.17, 15) is 18.5 Å². The molecule has 174 valence electrons. The van der Waals surface area contributed by atoms with Crippen LogP contribution in [0.2, 0.25) is 0 Å². The number of aromatic nitrogens is 5. The number of aryl methyl sites for hydroxylation is 1. The number of hydrogen-bond donors (Lipinski definition) is 1. The molecule has 11 nitrogen and oxygen atoms in total. The largest absolute Gasteiger partial charge is 0.497 e. The molecular formula is C22H21N7O4S. The Morgan fingerprint density at radius 1 is 1.21 bits per heavy atom. The molecule has 0 aliphatic carbocycles. The standard InChI is InChI=1S/C22H21N7O4S/c1-4-10-29-18(12-23)25-20-19(22(29)30)28(2)21(26-20)14-8-9-17(24-13-14)27-34(31,32)16-7-5-6-15(11-16)33-3/h5-9,11,13H,4,10H2,1-3H3,(H,24,27). The maximum absolute atomic E-state index is 13.0. The van der Waals surface area contributed by atoms with Crippen molar-refractivity contribution in [3.8, 4) is 23.2 Å². The van der Waals surface area contributed by atoms with Crippen LogP contribution in [0, 0.1) is 11.3 Å². The normalized spacial score (nSPS) is 11.4. The molecule has 3 heterocycles. The van der Waals surface area contributed by atoms with Gasteiger partial charge in [-0.2, -0.15) is 10.2 Å². The lowest BCUT2D eigenvalue weighted by Gasteiger charge is -2.09. The van der Waals surface area contributed by atoms with E-state index in [4.69, 9.17) is 4.74 Å². The molecule has 0 radical (unpaired) electrons. The molecule has 1 aromatic carbocycles. The van der Waals surface area contributed by atoms with Crippen LogP contribution < -0.4 is 15.0 Å². The lowest BCUT2D eigenvalue weighted by Crippen LogP contribution is -2.25. The summed E-state index contributed by atoms with van der Waals surface area (Å²) in [5.41, 5.74) is 0.629. The third kappa shape index (κ3) is 4.08. The summed E-state index contributed by atoms with van der Waals surface area (Å²) in [6, 6.07) is 11.2. The van der Waals surface area contributed by atoms with Crippen LogP contribution in [0.5, 0.6) is 5.75 Å². The van der Waals surface area contributed by atoms with Gasteiger partial charge in [-0.05, 0) is 30.7 Å². The fourth-order valence-electron chi connectivity index (χ4n) is 3.51. The third-order valence-electron chi connectivity index (χ3n) is 5.15. The second kappa shape index (κ2) is 8.95. The monoisotopic (exact) mass is 479 g/mol. The van der Waals surface area contributed by atoms with E-state index in [1.807, 2.05) is 13.0 Å². The molecule has 0 amide bonds. The van der Waals surface area contributed by atoms with Gasteiger partial charge in [-0.1, -0.05) is 13.0 Å². The molecule has 0 fully saturated rings. The summed E-state index contributed by atoms with van der Waals surface area (Å²) in [6.07, 6.45) is 2.12. The first kappa shape index (κ1) is 22.9. The Labute approximate surface area is 195 Å². The van der Waals surface area contributed by atoms with E-state index in [0.29, 0.717) is 30.1 Å². The van der Waals surface area contributed by atoms with Crippen LogP contribution in [0.3, 0.4) is 0 Å². The minimum atomic E-state index is -3.87. The molecule has 4 rings (SSSR count). The molecule has 12 heteroatoms. The van der Waals surface area contributed by atoms with Crippen molar-refractivity contribution in [2.45, 2.75) is 24.8 Å². The number of fused-ring (bicyclic) bond motifs is 1. The summed E-state index contributed by atoms with van der Waals surface area (Å²) in [6.45, 7) is 2.27. The zero-order valence-corrected chi connectivity index (χ0v) is 19.5. The van der Waals surface area contributed by atoms with Crippen LogP contribution >= 0.6 is 0 Å². The van der Waals surface area contributed by atoms with Gasteiger partial charge in [0.25, 0.3) is 15.6 Å². The summed E-state index contributed by atoms with van der Waals surface area (Å²) in [4.78, 5) is 25.9. The Bertz CT molecular complexity index is 1580. The van der Waals surface area contributed by atoms with Gasteiger partial charge in [-0.3, -0.25) is 14.1 Å². The summed E-state index contributed by atoms with van der Waals surface area (Å²) in [5, 5.41) is 9.38. The van der Waals surface area contributed by atoms with Crippen LogP contribution in [0.1, 0.15) is 19.2 Å². The average Bonchev–Trinajstić information content (AvgIpc) is 3.17. The van der Waals surface area contributed by atoms with Gasteiger partial charge in [0.1, 0.15) is 23.5 Å². The summed E-state index contributed by atoms with van der Waals surface area (Å²) in [7, 11) is -0.743. The van der Waals surface area contributed by atoms with Crippen molar-refractivity contribution < 1.29 is 13.2 Å². The minimum Gasteiger partial charge on any atom is -0.497 e. The van der Waals surface area contributed by atoms with Gasteiger partial charge in [-0.25, -0.2) is 18.4 Å². The van der Waals surface area contributed by atoms with Crippen LogP contribution in [-0.4, -0.2) is 39.6 Å². The van der Waals surface area contributed by atoms with Crippen LogP contribution in [-0.2, 0) is 23.6 Å². The highest BCUT2D eigenvalue weighted by Gasteiger charge is 2.20. The maximum atomic E-state index is 13.0. The lowest BCUT2D eigenvalue weighted by molar-refractivity contribution is 0.413. The topological polar surface area (TPSA) is 145 Å². The van der Waals surface area contributed by atoms with Crippen molar-refractivity contribution in [1.29, 1.82) is 5.26 Å². The zero-order chi connectivity index (χ0) is 24.5. The van der Waals surface area contributed by atoms with Crippen molar-refractivity contribution in [2.24, 2.45) is 7.05 Å². The number of nitrogens with zero attached hydrogens (tertiary/aromatic N) is 6. The van der Waals surface area contributed by atoms with E-state index in [1.54, 1.807) is 29.8 Å². The number of benzene rings is 1. The first-order valence-electron chi connectivity index (χ1n) is 10.3. The smallest absolute Gasteiger partial charge is 0.280 e. The molecule has 0 aliphatic rings. The van der Waals surface area contributed by atoms with E-state index < -0.39 is 10.0 Å². The molecule has 0 aliphatic heterocycles. The number of imidazole rings is 1. The van der Waals surface area contributed by atoms with Crippen molar-refractivity contribution in [3.63, 3.8) is 0 Å². The average molecular weight is 480 g/mol. The molecule has 3 aromatic heterocycles. The highest BCUT2D eigenvalue weighted by molar-refractivity contribution is 7.92. The molecule has 0 spiro atoms. The quantitative estimate of drug-likeness (QED) is 0.425. The molecular weight excluding hydrogens is 458 g/mol. The van der Waals surface area contributed by atoms with Crippen molar-refractivity contribution in [3.05, 3.63) is 58.8 Å². The molecule has 0 saturated carbocycles. The highest BCUT2D eigenvalue weighted by atomic mass is 32.2. The van der Waals surface area contributed by atoms with Gasteiger partial charge in [0, 0.05) is 31.4 Å². The lowest BCUT2D eigenvalue weighted by atomic mass is 10.2. The van der Waals surface area contributed by atoms with Gasteiger partial charge in [0.2, 0.25) is 5.82 Å². The first-order valence-corrected chi connectivity index (χ1v) is 11.8. The molecule has 0 unspecified atom stereocenters. The minimum absolute atomic E-state index is 0.00409. The summed E-state index contributed by atoms with van der Waals surface area (Å²) in [5.74, 6) is 0.941. The molecule has 0 atom stereocenters. The van der Waals surface area contributed by atoms with E-state index in [0.717, 1.165) is 0 Å². The molecule has 1 N–H and O–H groups in total. The predicted octanol–water partition coefficient (Wildman–Crippen LogP) is 2.28. The number of anilines is 1. The number of hydrogen-bond acceptors (Lipinski definition) is 8. The number of sulfonamides is 1. The Balaban J connectivity index is 1.68. The van der Waals surface area contributed by atoms with Gasteiger partial charge < -0.3 is 9.30 Å². The van der Waals surface area contributed by atoms with Gasteiger partial charge in [-0.15, -0.1) is 0 Å². The summed E-state index contributed by atoms with van der Waals surface area (Å²) < 4.78 is 35.8. The number of rotatable bonds is 7. The molecule has 34 heavy (non-hydrogen) atoms. The number of pyridine rings is 1. The SMILES string of the molecule is CCCn1c(C#N)nc2nc(-c3ccc(NS(=O)(=O)c4cccc(OC)c4)nc3)n(C)c2c1=O. The van der Waals surface area contributed by atoms with Crippen molar-refractivity contribution >= 4 is 27.0 Å². The Hall–Kier alpha value is -4.24. The van der Waals surface area contributed by atoms with Crippen molar-refractivity contribution in [1.82, 2.24) is 24.1 Å². The predicted molar refractivity (Wildman–Crippen MR) is 125 cm³/mol. The Morgan fingerprint density at radius 2 is 2.00 bits per heavy atom. The van der Waals surface area contributed by atoms with Gasteiger partial charge in [0.15, 0.2) is 11.2 Å². The van der Waals surface area contributed by atoms with Gasteiger partial charge in [0.05, 0.1) is 12.0 Å². The van der Waals surface area contributed by atoms with E-state index in [1.165, 1.54) is 36.1 Å². The van der Waals surface area contributed by atoms with E-state index >= 15 is 0 Å². The Kier molecular flexibility index (Phi) is 6.04. The van der Waals surface area contributed by atoms with Crippen molar-refractivity contribution in [2.75, 3.05) is 11.8 Å². The fourth-order valence-corrected chi connectivity index (χ4v) is 4.55. The molecule has 0 bridgehead atoms. The highest BCUT2D eigenvalue weighted by Crippen LogP contribution is 2.23. The third-order valence-corrected chi connectivity index (χ3v) is 6.50. The van der Waals surface area contributed by atoms with Gasteiger partial charge >= 0.3 is 0 Å². The Morgan fingerprint density at radius 3 is 2.65 bits per heavy atom. The summed E-state index contributed by atoms with van der Waals surface area (Å²) >= 11 is 0. The van der Waals surface area contributed by atoms with E-state index in [-0.39, 0.29) is 33.3 Å². The molecule has 4 aromatic rings. The second-order valence-corrected chi connectivity index (χ2v) is 9.07. The zero-order valence-electron chi connectivity index (χ0n) is 18.7. The van der Waals surface area contributed by atoms with Crippen LogP contribution in [0.15, 0.2) is 52.3 Å². The fraction of sp³-hybridized carbons (Fsp3) is 0.227. The maximum Gasteiger partial charge on any atom is 0.280 e.